The average molecular weight is 403 g/mol. The molecule has 0 atom stereocenters. The first-order valence-electron chi connectivity index (χ1n) is 10.6. The Morgan fingerprint density at radius 3 is 2.37 bits per heavy atom. The van der Waals surface area contributed by atoms with Gasteiger partial charge in [-0.1, -0.05) is 29.8 Å². The Hall–Kier alpha value is -3.35. The largest absolute Gasteiger partial charge is 0.368 e. The number of urea groups is 1. The van der Waals surface area contributed by atoms with E-state index in [1.165, 1.54) is 6.42 Å². The molecule has 2 aliphatic rings. The van der Waals surface area contributed by atoms with Crippen molar-refractivity contribution in [2.45, 2.75) is 25.2 Å². The first-order valence-corrected chi connectivity index (χ1v) is 10.6. The van der Waals surface area contributed by atoms with E-state index in [4.69, 9.17) is 4.52 Å². The number of hydrogen-bond donors (Lipinski definition) is 1. The van der Waals surface area contributed by atoms with Crippen LogP contribution in [0.3, 0.4) is 0 Å². The third-order valence-electron chi connectivity index (χ3n) is 5.98. The molecule has 2 fully saturated rings. The van der Waals surface area contributed by atoms with Crippen LogP contribution in [-0.4, -0.2) is 47.3 Å². The van der Waals surface area contributed by atoms with Crippen molar-refractivity contribution >= 4 is 17.4 Å². The highest BCUT2D eigenvalue weighted by Gasteiger charge is 2.26. The minimum atomic E-state index is -0.0458. The lowest BCUT2D eigenvalue weighted by atomic mass is 9.85. The number of rotatable bonds is 4. The van der Waals surface area contributed by atoms with Crippen molar-refractivity contribution in [3.05, 3.63) is 60.5 Å². The summed E-state index contributed by atoms with van der Waals surface area (Å²) in [5.41, 5.74) is 2.93. The molecule has 7 heteroatoms. The molecule has 1 aliphatic carbocycles. The zero-order valence-electron chi connectivity index (χ0n) is 16.8. The van der Waals surface area contributed by atoms with Crippen LogP contribution in [0.15, 0.2) is 59.1 Å². The highest BCUT2D eigenvalue weighted by atomic mass is 16.5. The maximum Gasteiger partial charge on any atom is 0.321 e. The highest BCUT2D eigenvalue weighted by molar-refractivity contribution is 5.89. The van der Waals surface area contributed by atoms with Gasteiger partial charge in [0.1, 0.15) is 0 Å². The Morgan fingerprint density at radius 2 is 1.70 bits per heavy atom. The fraction of sp³-hybridized carbons (Fsp3) is 0.348. The van der Waals surface area contributed by atoms with Gasteiger partial charge in [-0.3, -0.25) is 0 Å². The van der Waals surface area contributed by atoms with Crippen LogP contribution in [0.2, 0.25) is 0 Å². The molecule has 0 spiro atoms. The molecule has 1 saturated carbocycles. The summed E-state index contributed by atoms with van der Waals surface area (Å²) in [5, 5.41) is 7.10. The lowest BCUT2D eigenvalue weighted by Gasteiger charge is -2.36. The lowest BCUT2D eigenvalue weighted by molar-refractivity contribution is 0.208. The second-order valence-electron chi connectivity index (χ2n) is 7.90. The Kier molecular flexibility index (Phi) is 5.09. The molecule has 154 valence electrons. The van der Waals surface area contributed by atoms with Crippen LogP contribution in [-0.2, 0) is 0 Å². The van der Waals surface area contributed by atoms with E-state index < -0.39 is 0 Å². The molecule has 0 radical (unpaired) electrons. The van der Waals surface area contributed by atoms with Gasteiger partial charge in [0, 0.05) is 49.0 Å². The van der Waals surface area contributed by atoms with Crippen LogP contribution in [0.1, 0.15) is 31.1 Å². The second kappa shape index (κ2) is 8.18. The van der Waals surface area contributed by atoms with Gasteiger partial charge in [0.05, 0.1) is 0 Å². The summed E-state index contributed by atoms with van der Waals surface area (Å²) in [6.07, 6.45) is 3.55. The molecule has 7 nitrogen and oxygen atoms in total. The Morgan fingerprint density at radius 1 is 0.967 bits per heavy atom. The van der Waals surface area contributed by atoms with Gasteiger partial charge in [-0.15, -0.1) is 0 Å². The van der Waals surface area contributed by atoms with Crippen molar-refractivity contribution in [3.63, 3.8) is 0 Å². The minimum absolute atomic E-state index is 0.0458. The van der Waals surface area contributed by atoms with Gasteiger partial charge in [0.15, 0.2) is 0 Å². The first kappa shape index (κ1) is 18.7. The molecule has 2 heterocycles. The summed E-state index contributed by atoms with van der Waals surface area (Å²) in [7, 11) is 0. The number of anilines is 2. The number of nitrogens with one attached hydrogen (secondary N) is 1. The first-order chi connectivity index (χ1) is 14.8. The predicted octanol–water partition coefficient (Wildman–Crippen LogP) is 4.36. The van der Waals surface area contributed by atoms with E-state index in [2.05, 4.69) is 32.5 Å². The highest BCUT2D eigenvalue weighted by Crippen LogP contribution is 2.36. The zero-order valence-corrected chi connectivity index (χ0v) is 16.8. The van der Waals surface area contributed by atoms with Gasteiger partial charge >= 0.3 is 6.03 Å². The number of amides is 2. The monoisotopic (exact) mass is 403 g/mol. The normalized spacial score (nSPS) is 16.9. The van der Waals surface area contributed by atoms with E-state index in [-0.39, 0.29) is 6.03 Å². The van der Waals surface area contributed by atoms with Crippen LogP contribution in [0.25, 0.3) is 11.4 Å². The van der Waals surface area contributed by atoms with Crippen molar-refractivity contribution in [1.29, 1.82) is 0 Å². The Bertz CT molecular complexity index is 990. The van der Waals surface area contributed by atoms with Crippen LogP contribution in [0.5, 0.6) is 0 Å². The molecular formula is C23H25N5O2. The molecule has 0 unspecified atom stereocenters. The predicted molar refractivity (Wildman–Crippen MR) is 116 cm³/mol. The Balaban J connectivity index is 1.17. The van der Waals surface area contributed by atoms with Crippen LogP contribution in [0.4, 0.5) is 16.2 Å². The summed E-state index contributed by atoms with van der Waals surface area (Å²) in [4.78, 5) is 21.2. The molecule has 3 aromatic rings. The zero-order chi connectivity index (χ0) is 20.3. The SMILES string of the molecule is O=C(Nc1ccccc1)N1CCN(c2ccc(-c3noc(C4CCC4)n3)cc2)CC1. The maximum absolute atomic E-state index is 12.5. The number of hydrogen-bond acceptors (Lipinski definition) is 5. The minimum Gasteiger partial charge on any atom is -0.368 e. The molecule has 0 bridgehead atoms. The fourth-order valence-electron chi connectivity index (χ4n) is 3.89. The molecule has 2 amide bonds. The smallest absolute Gasteiger partial charge is 0.321 e. The molecule has 1 saturated heterocycles. The van der Waals surface area contributed by atoms with Crippen LogP contribution >= 0.6 is 0 Å². The summed E-state index contributed by atoms with van der Waals surface area (Å²) in [5.74, 6) is 1.87. The number of piperazine rings is 1. The van der Waals surface area contributed by atoms with Gasteiger partial charge in [0.25, 0.3) is 0 Å². The van der Waals surface area contributed by atoms with E-state index in [9.17, 15) is 4.79 Å². The summed E-state index contributed by atoms with van der Waals surface area (Å²) in [6.45, 7) is 2.98. The number of benzene rings is 2. The van der Waals surface area contributed by atoms with E-state index in [1.807, 2.05) is 47.4 Å². The van der Waals surface area contributed by atoms with Crippen molar-refractivity contribution in [2.75, 3.05) is 36.4 Å². The van der Waals surface area contributed by atoms with Crippen molar-refractivity contribution < 1.29 is 9.32 Å². The molecule has 5 rings (SSSR count). The average Bonchev–Trinajstić information content (AvgIpc) is 3.23. The van der Waals surface area contributed by atoms with Gasteiger partial charge in [0.2, 0.25) is 11.7 Å². The van der Waals surface area contributed by atoms with Crippen molar-refractivity contribution in [3.8, 4) is 11.4 Å². The number of carbonyl (C=O) groups excluding carboxylic acids is 1. The number of carbonyl (C=O) groups is 1. The number of aromatic nitrogens is 2. The van der Waals surface area contributed by atoms with E-state index in [0.717, 1.165) is 48.8 Å². The third kappa shape index (κ3) is 3.87. The summed E-state index contributed by atoms with van der Waals surface area (Å²) in [6, 6.07) is 17.8. The molecule has 1 aliphatic heterocycles. The van der Waals surface area contributed by atoms with Gasteiger partial charge in [-0.05, 0) is 49.2 Å². The van der Waals surface area contributed by atoms with E-state index >= 15 is 0 Å². The lowest BCUT2D eigenvalue weighted by Crippen LogP contribution is -2.50. The topological polar surface area (TPSA) is 74.5 Å². The fourth-order valence-corrected chi connectivity index (χ4v) is 3.89. The van der Waals surface area contributed by atoms with Gasteiger partial charge < -0.3 is 19.6 Å². The summed E-state index contributed by atoms with van der Waals surface area (Å²) >= 11 is 0. The second-order valence-corrected chi connectivity index (χ2v) is 7.90. The quantitative estimate of drug-likeness (QED) is 0.701. The van der Waals surface area contributed by atoms with Crippen molar-refractivity contribution in [2.24, 2.45) is 0 Å². The number of nitrogens with zero attached hydrogens (tertiary/aromatic N) is 4. The molecular weight excluding hydrogens is 378 g/mol. The Labute approximate surface area is 175 Å². The van der Waals surface area contributed by atoms with Crippen LogP contribution < -0.4 is 10.2 Å². The maximum atomic E-state index is 12.5. The van der Waals surface area contributed by atoms with Crippen molar-refractivity contribution in [1.82, 2.24) is 15.0 Å². The third-order valence-corrected chi connectivity index (χ3v) is 5.98. The standard InChI is InChI=1S/C23H25N5O2/c29-23(24-19-7-2-1-3-8-19)28-15-13-27(14-16-28)20-11-9-17(10-12-20)21-25-22(30-26-21)18-5-4-6-18/h1-3,7-12,18H,4-6,13-16H2,(H,24,29). The summed E-state index contributed by atoms with van der Waals surface area (Å²) < 4.78 is 5.43. The number of para-hydroxylation sites is 1. The molecule has 1 aromatic heterocycles. The molecule has 1 N–H and O–H groups in total. The van der Waals surface area contributed by atoms with E-state index in [1.54, 1.807) is 0 Å². The van der Waals surface area contributed by atoms with Crippen LogP contribution in [0, 0.1) is 0 Å². The molecule has 2 aromatic carbocycles. The van der Waals surface area contributed by atoms with E-state index in [0.29, 0.717) is 24.8 Å². The van der Waals surface area contributed by atoms with Gasteiger partial charge in [-0.25, -0.2) is 4.79 Å². The molecule has 30 heavy (non-hydrogen) atoms. The van der Waals surface area contributed by atoms with Gasteiger partial charge in [-0.2, -0.15) is 4.98 Å².